The second-order valence-corrected chi connectivity index (χ2v) is 6.60. The van der Waals surface area contributed by atoms with Crippen LogP contribution >= 0.6 is 15.9 Å². The SMILES string of the molecule is COc1ccc(Br)c(C(=O)O[C@@H](C)C(=O)Nc2ccc3c(c2)OCCO3)c1. The fraction of sp³-hybridized carbons (Fsp3) is 0.263. The van der Waals surface area contributed by atoms with Crippen LogP contribution in [-0.2, 0) is 9.53 Å². The van der Waals surface area contributed by atoms with Crippen LogP contribution in [0.15, 0.2) is 40.9 Å². The van der Waals surface area contributed by atoms with Crippen molar-refractivity contribution in [3.8, 4) is 17.2 Å². The lowest BCUT2D eigenvalue weighted by Gasteiger charge is -2.19. The predicted molar refractivity (Wildman–Crippen MR) is 102 cm³/mol. The Bertz CT molecular complexity index is 869. The lowest BCUT2D eigenvalue weighted by molar-refractivity contribution is -0.123. The van der Waals surface area contributed by atoms with Crippen LogP contribution in [0.4, 0.5) is 5.69 Å². The molecule has 0 radical (unpaired) electrons. The molecule has 8 heteroatoms. The quantitative estimate of drug-likeness (QED) is 0.724. The first-order valence-electron chi connectivity index (χ1n) is 8.23. The van der Waals surface area contributed by atoms with Crippen LogP contribution in [0.1, 0.15) is 17.3 Å². The molecular weight excluding hydrogens is 418 g/mol. The average Bonchev–Trinajstić information content (AvgIpc) is 2.68. The van der Waals surface area contributed by atoms with Gasteiger partial charge >= 0.3 is 5.97 Å². The summed E-state index contributed by atoms with van der Waals surface area (Å²) >= 11 is 3.29. The van der Waals surface area contributed by atoms with Gasteiger partial charge in [0.25, 0.3) is 5.91 Å². The van der Waals surface area contributed by atoms with E-state index in [4.69, 9.17) is 18.9 Å². The number of benzene rings is 2. The maximum Gasteiger partial charge on any atom is 0.340 e. The van der Waals surface area contributed by atoms with Gasteiger partial charge in [0, 0.05) is 16.2 Å². The van der Waals surface area contributed by atoms with E-state index in [-0.39, 0.29) is 5.56 Å². The Morgan fingerprint density at radius 2 is 1.85 bits per heavy atom. The number of amides is 1. The molecule has 0 saturated carbocycles. The smallest absolute Gasteiger partial charge is 0.340 e. The Hall–Kier alpha value is -2.74. The lowest BCUT2D eigenvalue weighted by Crippen LogP contribution is -2.30. The molecule has 1 heterocycles. The van der Waals surface area contributed by atoms with Gasteiger partial charge in [0.05, 0.1) is 12.7 Å². The van der Waals surface area contributed by atoms with Crippen LogP contribution in [0.3, 0.4) is 0 Å². The Morgan fingerprint density at radius 3 is 2.59 bits per heavy atom. The van der Waals surface area contributed by atoms with E-state index >= 15 is 0 Å². The number of carbonyl (C=O) groups excluding carboxylic acids is 2. The summed E-state index contributed by atoms with van der Waals surface area (Å²) in [6.45, 7) is 2.44. The van der Waals surface area contributed by atoms with Gasteiger partial charge in [-0.3, -0.25) is 4.79 Å². The van der Waals surface area contributed by atoms with E-state index in [1.165, 1.54) is 20.1 Å². The Balaban J connectivity index is 1.64. The van der Waals surface area contributed by atoms with Gasteiger partial charge in [-0.25, -0.2) is 4.79 Å². The zero-order valence-electron chi connectivity index (χ0n) is 14.8. The van der Waals surface area contributed by atoms with Crippen LogP contribution in [0.2, 0.25) is 0 Å². The first-order valence-corrected chi connectivity index (χ1v) is 9.02. The summed E-state index contributed by atoms with van der Waals surface area (Å²) < 4.78 is 21.9. The number of anilines is 1. The Morgan fingerprint density at radius 1 is 1.11 bits per heavy atom. The molecule has 7 nitrogen and oxygen atoms in total. The molecular formula is C19H18BrNO6. The summed E-state index contributed by atoms with van der Waals surface area (Å²) in [5.41, 5.74) is 0.794. The third-order valence-corrected chi connectivity index (χ3v) is 4.55. The van der Waals surface area contributed by atoms with Gasteiger partial charge < -0.3 is 24.3 Å². The van der Waals surface area contributed by atoms with Crippen molar-refractivity contribution in [1.82, 2.24) is 0 Å². The zero-order valence-corrected chi connectivity index (χ0v) is 16.4. The highest BCUT2D eigenvalue weighted by molar-refractivity contribution is 9.10. The first-order chi connectivity index (χ1) is 13.0. The van der Waals surface area contributed by atoms with E-state index in [2.05, 4.69) is 21.2 Å². The summed E-state index contributed by atoms with van der Waals surface area (Å²) in [5.74, 6) is 0.605. The minimum Gasteiger partial charge on any atom is -0.497 e. The number of halogens is 1. The highest BCUT2D eigenvalue weighted by Crippen LogP contribution is 2.32. The molecule has 2 aromatic rings. The second-order valence-electron chi connectivity index (χ2n) is 5.74. The average molecular weight is 436 g/mol. The third kappa shape index (κ3) is 4.51. The zero-order chi connectivity index (χ0) is 19.4. The Labute approximate surface area is 164 Å². The first kappa shape index (κ1) is 19.0. The highest BCUT2D eigenvalue weighted by Gasteiger charge is 2.22. The summed E-state index contributed by atoms with van der Waals surface area (Å²) in [7, 11) is 1.50. The van der Waals surface area contributed by atoms with Gasteiger partial charge in [-0.05, 0) is 53.2 Å². The topological polar surface area (TPSA) is 83.1 Å². The summed E-state index contributed by atoms with van der Waals surface area (Å²) in [6, 6.07) is 10.00. The normalized spacial score (nSPS) is 13.4. The van der Waals surface area contributed by atoms with Crippen molar-refractivity contribution in [2.24, 2.45) is 0 Å². The molecule has 0 saturated heterocycles. The molecule has 0 unspecified atom stereocenters. The standard InChI is InChI=1S/C19H18BrNO6/c1-11(27-19(23)14-10-13(24-2)4-5-15(14)20)18(22)21-12-3-6-16-17(9-12)26-8-7-25-16/h3-6,9-11H,7-8H2,1-2H3,(H,21,22)/t11-/m0/s1. The monoisotopic (exact) mass is 435 g/mol. The fourth-order valence-corrected chi connectivity index (χ4v) is 2.84. The van der Waals surface area contributed by atoms with Crippen LogP contribution in [0.5, 0.6) is 17.2 Å². The minimum absolute atomic E-state index is 0.272. The van der Waals surface area contributed by atoms with Crippen molar-refractivity contribution in [3.05, 3.63) is 46.4 Å². The number of esters is 1. The number of carbonyl (C=O) groups is 2. The molecule has 1 atom stereocenters. The molecule has 0 aromatic heterocycles. The molecule has 1 aliphatic heterocycles. The van der Waals surface area contributed by atoms with Crippen molar-refractivity contribution in [3.63, 3.8) is 0 Å². The molecule has 27 heavy (non-hydrogen) atoms. The van der Waals surface area contributed by atoms with Gasteiger partial charge in [-0.15, -0.1) is 0 Å². The lowest BCUT2D eigenvalue weighted by atomic mass is 10.2. The van der Waals surface area contributed by atoms with E-state index in [0.717, 1.165) is 0 Å². The molecule has 1 aliphatic rings. The molecule has 1 amide bonds. The van der Waals surface area contributed by atoms with Gasteiger partial charge in [0.1, 0.15) is 19.0 Å². The maximum absolute atomic E-state index is 12.4. The highest BCUT2D eigenvalue weighted by atomic mass is 79.9. The van der Waals surface area contributed by atoms with Crippen molar-refractivity contribution in [1.29, 1.82) is 0 Å². The van der Waals surface area contributed by atoms with Crippen molar-refractivity contribution < 1.29 is 28.5 Å². The summed E-state index contributed by atoms with van der Waals surface area (Å²) in [5, 5.41) is 2.70. The van der Waals surface area contributed by atoms with Crippen LogP contribution < -0.4 is 19.5 Å². The number of fused-ring (bicyclic) bond motifs is 1. The molecule has 0 bridgehead atoms. The van der Waals surface area contributed by atoms with Crippen molar-refractivity contribution in [2.75, 3.05) is 25.6 Å². The van der Waals surface area contributed by atoms with Gasteiger partial charge in [-0.1, -0.05) is 0 Å². The van der Waals surface area contributed by atoms with E-state index in [0.29, 0.717) is 40.6 Å². The molecule has 3 rings (SSSR count). The Kier molecular flexibility index (Phi) is 5.85. The van der Waals surface area contributed by atoms with E-state index < -0.39 is 18.0 Å². The van der Waals surface area contributed by atoms with Crippen molar-refractivity contribution >= 4 is 33.5 Å². The summed E-state index contributed by atoms with van der Waals surface area (Å²) in [4.78, 5) is 24.7. The van der Waals surface area contributed by atoms with Crippen LogP contribution in [-0.4, -0.2) is 38.3 Å². The molecule has 142 valence electrons. The molecule has 0 fully saturated rings. The summed E-state index contributed by atoms with van der Waals surface area (Å²) in [6.07, 6.45) is -0.996. The van der Waals surface area contributed by atoms with Gasteiger partial charge in [0.2, 0.25) is 0 Å². The number of methoxy groups -OCH3 is 1. The van der Waals surface area contributed by atoms with Crippen LogP contribution in [0, 0.1) is 0 Å². The molecule has 1 N–H and O–H groups in total. The molecule has 2 aromatic carbocycles. The number of ether oxygens (including phenoxy) is 4. The van der Waals surface area contributed by atoms with E-state index in [1.807, 2.05) is 0 Å². The maximum atomic E-state index is 12.4. The number of hydrogen-bond acceptors (Lipinski definition) is 6. The second kappa shape index (κ2) is 8.30. The number of nitrogens with one attached hydrogen (secondary N) is 1. The fourth-order valence-electron chi connectivity index (χ4n) is 2.43. The van der Waals surface area contributed by atoms with E-state index in [1.54, 1.807) is 30.3 Å². The number of hydrogen-bond donors (Lipinski definition) is 1. The number of rotatable bonds is 5. The van der Waals surface area contributed by atoms with Crippen molar-refractivity contribution in [2.45, 2.75) is 13.0 Å². The van der Waals surface area contributed by atoms with Gasteiger partial charge in [-0.2, -0.15) is 0 Å². The third-order valence-electron chi connectivity index (χ3n) is 3.86. The largest absolute Gasteiger partial charge is 0.497 e. The van der Waals surface area contributed by atoms with Gasteiger partial charge in [0.15, 0.2) is 17.6 Å². The predicted octanol–water partition coefficient (Wildman–Crippen LogP) is 3.41. The minimum atomic E-state index is -0.996. The van der Waals surface area contributed by atoms with E-state index in [9.17, 15) is 9.59 Å². The molecule has 0 aliphatic carbocycles. The van der Waals surface area contributed by atoms with Crippen LogP contribution in [0.25, 0.3) is 0 Å². The molecule has 0 spiro atoms.